The highest BCUT2D eigenvalue weighted by Crippen LogP contribution is 2.24. The molecule has 22 heavy (non-hydrogen) atoms. The number of aryl methyl sites for hydroxylation is 1. The highest BCUT2D eigenvalue weighted by Gasteiger charge is 2.28. The second-order valence-electron chi connectivity index (χ2n) is 5.49. The topological polar surface area (TPSA) is 83.6 Å². The van der Waals surface area contributed by atoms with E-state index in [0.717, 1.165) is 5.56 Å². The molecule has 1 aromatic rings. The van der Waals surface area contributed by atoms with Gasteiger partial charge in [-0.3, -0.25) is 0 Å². The highest BCUT2D eigenvalue weighted by atomic mass is 79.9. The van der Waals surface area contributed by atoms with Crippen molar-refractivity contribution < 1.29 is 16.8 Å². The van der Waals surface area contributed by atoms with Crippen LogP contribution in [0.15, 0.2) is 27.6 Å². The minimum absolute atomic E-state index is 0.198. The number of hydrogen-bond donors (Lipinski definition) is 1. The van der Waals surface area contributed by atoms with Gasteiger partial charge < -0.3 is 0 Å². The standard InChI is InChI=1S/C13H19BrN2O4S2/c1-10-3-4-13(12(14)9-10)22(19,20)15-11-5-7-16(8-6-11)21(2,17)18/h3-4,9,11,15H,5-8H2,1-2H3. The van der Waals surface area contributed by atoms with Crippen LogP contribution in [-0.2, 0) is 20.0 Å². The third-order valence-corrected chi connectivity index (χ3v) is 7.42. The van der Waals surface area contributed by atoms with E-state index < -0.39 is 20.0 Å². The van der Waals surface area contributed by atoms with Crippen molar-refractivity contribution in [1.82, 2.24) is 9.03 Å². The molecule has 0 bridgehead atoms. The number of halogens is 1. The summed E-state index contributed by atoms with van der Waals surface area (Å²) in [5.41, 5.74) is 0.965. The third-order valence-electron chi connectivity index (χ3n) is 3.62. The highest BCUT2D eigenvalue weighted by molar-refractivity contribution is 9.10. The van der Waals surface area contributed by atoms with E-state index in [9.17, 15) is 16.8 Å². The fraction of sp³-hybridized carbons (Fsp3) is 0.538. The van der Waals surface area contributed by atoms with Crippen LogP contribution in [0.2, 0.25) is 0 Å². The molecule has 1 aliphatic rings. The number of nitrogens with one attached hydrogen (secondary N) is 1. The molecule has 1 fully saturated rings. The number of hydrogen-bond acceptors (Lipinski definition) is 4. The van der Waals surface area contributed by atoms with E-state index in [1.165, 1.54) is 10.6 Å². The Morgan fingerprint density at radius 2 is 1.77 bits per heavy atom. The Morgan fingerprint density at radius 1 is 1.18 bits per heavy atom. The van der Waals surface area contributed by atoms with Gasteiger partial charge in [0.2, 0.25) is 20.0 Å². The van der Waals surface area contributed by atoms with Crippen LogP contribution in [0, 0.1) is 6.92 Å². The number of benzene rings is 1. The molecule has 0 aliphatic carbocycles. The summed E-state index contributed by atoms with van der Waals surface area (Å²) in [6.07, 6.45) is 2.10. The Hall–Kier alpha value is -0.480. The molecule has 1 saturated heterocycles. The smallest absolute Gasteiger partial charge is 0.213 e. The summed E-state index contributed by atoms with van der Waals surface area (Å²) in [6.45, 7) is 2.55. The van der Waals surface area contributed by atoms with Crippen molar-refractivity contribution in [2.75, 3.05) is 19.3 Å². The predicted molar refractivity (Wildman–Crippen MR) is 88.6 cm³/mol. The van der Waals surface area contributed by atoms with Gasteiger partial charge in [0.15, 0.2) is 0 Å². The van der Waals surface area contributed by atoms with Crippen molar-refractivity contribution in [1.29, 1.82) is 0 Å². The quantitative estimate of drug-likeness (QED) is 0.813. The minimum atomic E-state index is -3.63. The number of piperidine rings is 1. The van der Waals surface area contributed by atoms with Gasteiger partial charge in [-0.25, -0.2) is 25.9 Å². The Morgan fingerprint density at radius 3 is 2.27 bits per heavy atom. The first-order chi connectivity index (χ1) is 10.1. The van der Waals surface area contributed by atoms with Crippen molar-refractivity contribution >= 4 is 36.0 Å². The van der Waals surface area contributed by atoms with E-state index in [-0.39, 0.29) is 10.9 Å². The van der Waals surface area contributed by atoms with Crippen LogP contribution >= 0.6 is 15.9 Å². The third kappa shape index (κ3) is 4.29. The van der Waals surface area contributed by atoms with Gasteiger partial charge in [-0.2, -0.15) is 0 Å². The Labute approximate surface area is 140 Å². The van der Waals surface area contributed by atoms with E-state index in [4.69, 9.17) is 0 Å². The average molecular weight is 411 g/mol. The molecule has 0 aromatic heterocycles. The van der Waals surface area contributed by atoms with Crippen molar-refractivity contribution in [2.24, 2.45) is 0 Å². The second kappa shape index (κ2) is 6.56. The van der Waals surface area contributed by atoms with Crippen LogP contribution in [-0.4, -0.2) is 46.5 Å². The molecule has 0 spiro atoms. The molecule has 9 heteroatoms. The van der Waals surface area contributed by atoms with Gasteiger partial charge >= 0.3 is 0 Å². The lowest BCUT2D eigenvalue weighted by molar-refractivity contribution is 0.310. The molecule has 0 amide bonds. The predicted octanol–water partition coefficient (Wildman–Crippen LogP) is 1.46. The van der Waals surface area contributed by atoms with Crippen LogP contribution < -0.4 is 4.72 Å². The second-order valence-corrected chi connectivity index (χ2v) is 10.0. The maximum Gasteiger partial charge on any atom is 0.241 e. The van der Waals surface area contributed by atoms with Crippen molar-refractivity contribution in [2.45, 2.75) is 30.7 Å². The summed E-state index contributed by atoms with van der Waals surface area (Å²) >= 11 is 3.28. The summed E-state index contributed by atoms with van der Waals surface area (Å²) in [6, 6.07) is 4.80. The maximum atomic E-state index is 12.4. The van der Waals surface area contributed by atoms with E-state index in [0.29, 0.717) is 30.4 Å². The summed E-state index contributed by atoms with van der Waals surface area (Å²) in [5.74, 6) is 0. The summed E-state index contributed by atoms with van der Waals surface area (Å²) in [7, 11) is -6.83. The lowest BCUT2D eigenvalue weighted by Gasteiger charge is -2.30. The van der Waals surface area contributed by atoms with E-state index in [1.54, 1.807) is 18.2 Å². The molecule has 1 heterocycles. The molecule has 0 atom stereocenters. The first-order valence-electron chi connectivity index (χ1n) is 6.83. The minimum Gasteiger partial charge on any atom is -0.213 e. The van der Waals surface area contributed by atoms with Crippen LogP contribution in [0.25, 0.3) is 0 Å². The molecule has 0 radical (unpaired) electrons. The van der Waals surface area contributed by atoms with Crippen molar-refractivity contribution in [3.8, 4) is 0 Å². The van der Waals surface area contributed by atoms with Crippen molar-refractivity contribution in [3.63, 3.8) is 0 Å². The fourth-order valence-corrected chi connectivity index (χ4v) is 5.78. The SMILES string of the molecule is Cc1ccc(S(=O)(=O)NC2CCN(S(C)(=O)=O)CC2)c(Br)c1. The van der Waals surface area contributed by atoms with Gasteiger partial charge in [-0.15, -0.1) is 0 Å². The van der Waals surface area contributed by atoms with E-state index in [1.807, 2.05) is 6.92 Å². The Bertz CT molecular complexity index is 754. The zero-order chi connectivity index (χ0) is 16.5. The molecular formula is C13H19BrN2O4S2. The van der Waals surface area contributed by atoms with Crippen molar-refractivity contribution in [3.05, 3.63) is 28.2 Å². The molecular weight excluding hydrogens is 392 g/mol. The largest absolute Gasteiger partial charge is 0.241 e. The van der Waals surface area contributed by atoms with Gasteiger partial charge in [0, 0.05) is 23.6 Å². The molecule has 6 nitrogen and oxygen atoms in total. The van der Waals surface area contributed by atoms with Gasteiger partial charge in [-0.05, 0) is 53.4 Å². The molecule has 0 unspecified atom stereocenters. The van der Waals surface area contributed by atoms with Crippen LogP contribution in [0.1, 0.15) is 18.4 Å². The monoisotopic (exact) mass is 410 g/mol. The van der Waals surface area contributed by atoms with Gasteiger partial charge in [0.25, 0.3) is 0 Å². The first-order valence-corrected chi connectivity index (χ1v) is 11.0. The normalized spacial score (nSPS) is 18.5. The summed E-state index contributed by atoms with van der Waals surface area (Å²) in [5, 5.41) is 0. The molecule has 0 saturated carbocycles. The van der Waals surface area contributed by atoms with Gasteiger partial charge in [0.1, 0.15) is 0 Å². The Kier molecular flexibility index (Phi) is 5.33. The number of nitrogens with zero attached hydrogens (tertiary/aromatic N) is 1. The average Bonchev–Trinajstić information content (AvgIpc) is 2.37. The fourth-order valence-electron chi connectivity index (χ4n) is 2.41. The number of sulfonamides is 2. The lowest BCUT2D eigenvalue weighted by Crippen LogP contribution is -2.46. The summed E-state index contributed by atoms with van der Waals surface area (Å²) < 4.78 is 52.4. The van der Waals surface area contributed by atoms with E-state index >= 15 is 0 Å². The van der Waals surface area contributed by atoms with E-state index in [2.05, 4.69) is 20.7 Å². The number of rotatable bonds is 4. The Balaban J connectivity index is 2.08. The molecule has 2 rings (SSSR count). The molecule has 1 N–H and O–H groups in total. The van der Waals surface area contributed by atoms with Crippen LogP contribution in [0.4, 0.5) is 0 Å². The molecule has 1 aromatic carbocycles. The zero-order valence-corrected chi connectivity index (χ0v) is 15.6. The zero-order valence-electron chi connectivity index (χ0n) is 12.4. The molecule has 1 aliphatic heterocycles. The first kappa shape index (κ1) is 17.9. The van der Waals surface area contributed by atoms with Crippen LogP contribution in [0.3, 0.4) is 0 Å². The maximum absolute atomic E-state index is 12.4. The van der Waals surface area contributed by atoms with Crippen LogP contribution in [0.5, 0.6) is 0 Å². The lowest BCUT2D eigenvalue weighted by atomic mass is 10.1. The summed E-state index contributed by atoms with van der Waals surface area (Å²) in [4.78, 5) is 0.198. The van der Waals surface area contributed by atoms with Gasteiger partial charge in [-0.1, -0.05) is 6.07 Å². The van der Waals surface area contributed by atoms with Gasteiger partial charge in [0.05, 0.1) is 11.2 Å². The molecule has 124 valence electrons.